The summed E-state index contributed by atoms with van der Waals surface area (Å²) in [5.41, 5.74) is 1.38. The molecule has 0 N–H and O–H groups in total. The van der Waals surface area contributed by atoms with Crippen LogP contribution in [-0.4, -0.2) is 11.8 Å². The highest BCUT2D eigenvalue weighted by atomic mass is 35.5. The first-order valence-corrected chi connectivity index (χ1v) is 8.14. The minimum absolute atomic E-state index is 0.299. The number of ether oxygens (including phenoxy) is 1. The Morgan fingerprint density at radius 3 is 1.96 bits per heavy atom. The molecule has 4 heteroatoms. The van der Waals surface area contributed by atoms with Crippen molar-refractivity contribution < 1.29 is 14.3 Å². The molecule has 3 nitrogen and oxygen atoms in total. The molecule has 0 aliphatic carbocycles. The molecule has 124 valence electrons. The maximum Gasteiger partial charge on any atom is 0.339 e. The van der Waals surface area contributed by atoms with Crippen LogP contribution >= 0.6 is 11.6 Å². The first kappa shape index (κ1) is 16.9. The van der Waals surface area contributed by atoms with Gasteiger partial charge in [-0.15, -0.1) is 0 Å². The second-order valence-corrected chi connectivity index (χ2v) is 5.87. The third kappa shape index (κ3) is 4.14. The molecule has 0 aromatic heterocycles. The average molecular weight is 351 g/mol. The van der Waals surface area contributed by atoms with E-state index in [4.69, 9.17) is 16.3 Å². The fourth-order valence-electron chi connectivity index (χ4n) is 2.45. The Labute approximate surface area is 150 Å². The Bertz CT molecular complexity index is 876. The quantitative estimate of drug-likeness (QED) is 0.473. The van der Waals surface area contributed by atoms with Crippen molar-refractivity contribution in [2.24, 2.45) is 0 Å². The summed E-state index contributed by atoms with van der Waals surface area (Å²) in [5.74, 6) is -0.859. The molecule has 3 aromatic carbocycles. The van der Waals surface area contributed by atoms with E-state index in [0.29, 0.717) is 21.7 Å². The van der Waals surface area contributed by atoms with Gasteiger partial charge in [-0.1, -0.05) is 72.3 Å². The van der Waals surface area contributed by atoms with E-state index < -0.39 is 12.1 Å². The van der Waals surface area contributed by atoms with Crippen molar-refractivity contribution in [3.05, 3.63) is 107 Å². The molecule has 0 radical (unpaired) electrons. The molecule has 0 saturated carbocycles. The number of benzene rings is 3. The third-order valence-corrected chi connectivity index (χ3v) is 3.92. The molecule has 0 aliphatic heterocycles. The van der Waals surface area contributed by atoms with Gasteiger partial charge in [0.1, 0.15) is 0 Å². The van der Waals surface area contributed by atoms with Gasteiger partial charge in [0, 0.05) is 16.1 Å². The van der Waals surface area contributed by atoms with Crippen LogP contribution in [0.15, 0.2) is 84.9 Å². The molecule has 25 heavy (non-hydrogen) atoms. The summed E-state index contributed by atoms with van der Waals surface area (Å²) < 4.78 is 5.55. The lowest BCUT2D eigenvalue weighted by Gasteiger charge is -2.18. The second kappa shape index (κ2) is 7.77. The van der Waals surface area contributed by atoms with Crippen molar-refractivity contribution in [1.82, 2.24) is 0 Å². The number of carbonyl (C=O) groups is 2. The third-order valence-electron chi connectivity index (χ3n) is 3.68. The lowest BCUT2D eigenvalue weighted by Crippen LogP contribution is -2.20. The van der Waals surface area contributed by atoms with Gasteiger partial charge in [0.25, 0.3) is 0 Å². The SMILES string of the molecule is O=C(O[C@H](C(=O)c1ccccc1)c1cccc(Cl)c1)c1ccccc1. The fourth-order valence-corrected chi connectivity index (χ4v) is 2.64. The summed E-state index contributed by atoms with van der Waals surface area (Å²) >= 11 is 6.04. The van der Waals surface area contributed by atoms with Crippen LogP contribution in [-0.2, 0) is 4.74 Å². The van der Waals surface area contributed by atoms with Gasteiger partial charge in [-0.2, -0.15) is 0 Å². The molecule has 0 aliphatic rings. The van der Waals surface area contributed by atoms with Crippen LogP contribution in [0.5, 0.6) is 0 Å². The van der Waals surface area contributed by atoms with Gasteiger partial charge >= 0.3 is 5.97 Å². The van der Waals surface area contributed by atoms with Crippen molar-refractivity contribution in [3.8, 4) is 0 Å². The molecule has 1 atom stereocenters. The van der Waals surface area contributed by atoms with E-state index in [-0.39, 0.29) is 5.78 Å². The first-order chi connectivity index (χ1) is 12.1. The number of hydrogen-bond acceptors (Lipinski definition) is 3. The van der Waals surface area contributed by atoms with Crippen molar-refractivity contribution >= 4 is 23.4 Å². The molecular formula is C21H15ClO3. The standard InChI is InChI=1S/C21H15ClO3/c22-18-13-7-12-17(14-18)20(19(23)15-8-3-1-4-9-15)25-21(24)16-10-5-2-6-11-16/h1-14,20H/t20-/m0/s1. The van der Waals surface area contributed by atoms with Crippen LogP contribution < -0.4 is 0 Å². The molecular weight excluding hydrogens is 336 g/mol. The summed E-state index contributed by atoms with van der Waals surface area (Å²) in [4.78, 5) is 25.3. The molecule has 3 aromatic rings. The Kier molecular flexibility index (Phi) is 5.26. The Hall–Kier alpha value is -2.91. The highest BCUT2D eigenvalue weighted by Crippen LogP contribution is 2.26. The minimum atomic E-state index is -1.06. The summed E-state index contributed by atoms with van der Waals surface area (Å²) in [6, 6.07) is 24.1. The highest BCUT2D eigenvalue weighted by molar-refractivity contribution is 6.30. The molecule has 0 saturated heterocycles. The van der Waals surface area contributed by atoms with Crippen molar-refractivity contribution in [2.45, 2.75) is 6.10 Å². The van der Waals surface area contributed by atoms with E-state index in [1.54, 1.807) is 78.9 Å². The van der Waals surface area contributed by atoms with Crippen molar-refractivity contribution in [2.75, 3.05) is 0 Å². The fraction of sp³-hybridized carbons (Fsp3) is 0.0476. The zero-order valence-electron chi connectivity index (χ0n) is 13.3. The zero-order valence-corrected chi connectivity index (χ0v) is 14.0. The van der Waals surface area contributed by atoms with Gasteiger partial charge in [0.2, 0.25) is 5.78 Å². The van der Waals surface area contributed by atoms with Crippen LogP contribution in [0.3, 0.4) is 0 Å². The van der Waals surface area contributed by atoms with Crippen LogP contribution in [0.4, 0.5) is 0 Å². The molecule has 0 heterocycles. The lowest BCUT2D eigenvalue weighted by atomic mass is 9.99. The number of esters is 1. The van der Waals surface area contributed by atoms with Crippen LogP contribution in [0.1, 0.15) is 32.4 Å². The second-order valence-electron chi connectivity index (χ2n) is 5.44. The normalized spacial score (nSPS) is 11.6. The predicted octanol–water partition coefficient (Wildman–Crippen LogP) is 5.12. The molecule has 0 amide bonds. The number of halogens is 1. The largest absolute Gasteiger partial charge is 0.445 e. The van der Waals surface area contributed by atoms with E-state index >= 15 is 0 Å². The number of Topliss-reactive ketones (excluding diaryl/α,β-unsaturated/α-hetero) is 1. The summed E-state index contributed by atoms with van der Waals surface area (Å²) in [6.45, 7) is 0. The number of carbonyl (C=O) groups excluding carboxylic acids is 2. The van der Waals surface area contributed by atoms with Crippen molar-refractivity contribution in [3.63, 3.8) is 0 Å². The van der Waals surface area contributed by atoms with Gasteiger partial charge in [-0.05, 0) is 24.3 Å². The van der Waals surface area contributed by atoms with Crippen LogP contribution in [0, 0.1) is 0 Å². The monoisotopic (exact) mass is 350 g/mol. The molecule has 0 fully saturated rings. The van der Waals surface area contributed by atoms with Gasteiger partial charge in [-0.25, -0.2) is 4.79 Å². The van der Waals surface area contributed by atoms with E-state index in [2.05, 4.69) is 0 Å². The number of ketones is 1. The van der Waals surface area contributed by atoms with Crippen LogP contribution in [0.2, 0.25) is 5.02 Å². The van der Waals surface area contributed by atoms with Gasteiger partial charge in [0.05, 0.1) is 5.56 Å². The number of hydrogen-bond donors (Lipinski definition) is 0. The minimum Gasteiger partial charge on any atom is -0.445 e. The van der Waals surface area contributed by atoms with E-state index in [1.807, 2.05) is 6.07 Å². The maximum atomic E-state index is 12.9. The van der Waals surface area contributed by atoms with Gasteiger partial charge in [0.15, 0.2) is 6.10 Å². The Balaban J connectivity index is 1.95. The van der Waals surface area contributed by atoms with E-state index in [1.165, 1.54) is 0 Å². The van der Waals surface area contributed by atoms with E-state index in [0.717, 1.165) is 0 Å². The first-order valence-electron chi connectivity index (χ1n) is 7.76. The van der Waals surface area contributed by atoms with Gasteiger partial charge < -0.3 is 4.74 Å². The summed E-state index contributed by atoms with van der Waals surface area (Å²) in [6.07, 6.45) is -1.06. The molecule has 3 rings (SSSR count). The summed E-state index contributed by atoms with van der Waals surface area (Å²) in [5, 5.41) is 0.471. The molecule has 0 spiro atoms. The predicted molar refractivity (Wildman–Crippen MR) is 96.8 cm³/mol. The summed E-state index contributed by atoms with van der Waals surface area (Å²) in [7, 11) is 0. The Morgan fingerprint density at radius 2 is 1.36 bits per heavy atom. The topological polar surface area (TPSA) is 43.4 Å². The average Bonchev–Trinajstić information content (AvgIpc) is 2.67. The van der Waals surface area contributed by atoms with E-state index in [9.17, 15) is 9.59 Å². The lowest BCUT2D eigenvalue weighted by molar-refractivity contribution is 0.0280. The maximum absolute atomic E-state index is 12.9. The highest BCUT2D eigenvalue weighted by Gasteiger charge is 2.26. The number of rotatable bonds is 5. The van der Waals surface area contributed by atoms with Crippen LogP contribution in [0.25, 0.3) is 0 Å². The zero-order chi connectivity index (χ0) is 17.6. The smallest absolute Gasteiger partial charge is 0.339 e. The van der Waals surface area contributed by atoms with Crippen molar-refractivity contribution in [1.29, 1.82) is 0 Å². The molecule has 0 unspecified atom stereocenters. The Morgan fingerprint density at radius 1 is 0.760 bits per heavy atom. The molecule has 0 bridgehead atoms. The van der Waals surface area contributed by atoms with Gasteiger partial charge in [-0.3, -0.25) is 4.79 Å².